The van der Waals surface area contributed by atoms with Crippen LogP contribution in [0.5, 0.6) is 0 Å². The number of carbonyl (C=O) groups excluding carboxylic acids is 1. The quantitative estimate of drug-likeness (QED) is 0.522. The highest BCUT2D eigenvalue weighted by Gasteiger charge is 2.19. The van der Waals surface area contributed by atoms with Crippen molar-refractivity contribution in [1.29, 1.82) is 0 Å². The molecule has 4 aromatic rings. The number of anilines is 1. The van der Waals surface area contributed by atoms with Gasteiger partial charge in [0.25, 0.3) is 11.5 Å². The second kappa shape index (κ2) is 8.22. The number of aromatic nitrogens is 4. The van der Waals surface area contributed by atoms with Crippen LogP contribution in [0, 0.1) is 5.92 Å². The first-order chi connectivity index (χ1) is 15.5. The molecule has 7 nitrogen and oxygen atoms in total. The number of carbonyl (C=O) groups is 1. The van der Waals surface area contributed by atoms with Crippen molar-refractivity contribution in [1.82, 2.24) is 19.3 Å². The lowest BCUT2D eigenvalue weighted by Crippen LogP contribution is -2.29. The Labute approximate surface area is 186 Å². The number of aryl methyl sites for hydroxylation is 2. The third kappa shape index (κ3) is 3.68. The summed E-state index contributed by atoms with van der Waals surface area (Å²) in [5.74, 6) is 1.02. The normalized spacial score (nSPS) is 14.0. The molecule has 1 amide bonds. The maximum Gasteiger partial charge on any atom is 0.276 e. The first-order valence-corrected chi connectivity index (χ1v) is 11.3. The number of imidazole rings is 1. The first kappa shape index (κ1) is 20.4. The van der Waals surface area contributed by atoms with Crippen molar-refractivity contribution in [3.8, 4) is 0 Å². The van der Waals surface area contributed by atoms with E-state index in [4.69, 9.17) is 4.98 Å². The summed E-state index contributed by atoms with van der Waals surface area (Å²) >= 11 is 0. The molecule has 0 saturated heterocycles. The Morgan fingerprint density at radius 1 is 1.09 bits per heavy atom. The minimum atomic E-state index is -0.334. The van der Waals surface area contributed by atoms with Gasteiger partial charge in [-0.2, -0.15) is 5.10 Å². The minimum absolute atomic E-state index is 0.174. The molecule has 2 aromatic carbocycles. The topological polar surface area (TPSA) is 81.8 Å². The number of benzene rings is 2. The maximum atomic E-state index is 13.2. The summed E-state index contributed by atoms with van der Waals surface area (Å²) in [5, 5.41) is 8.47. The van der Waals surface area contributed by atoms with Crippen LogP contribution in [-0.2, 0) is 19.5 Å². The van der Waals surface area contributed by atoms with Gasteiger partial charge in [-0.05, 0) is 43.0 Å². The van der Waals surface area contributed by atoms with E-state index in [0.29, 0.717) is 23.0 Å². The summed E-state index contributed by atoms with van der Waals surface area (Å²) in [5.41, 5.74) is 2.74. The van der Waals surface area contributed by atoms with Crippen LogP contribution < -0.4 is 10.9 Å². The second-order valence-corrected chi connectivity index (χ2v) is 8.92. The van der Waals surface area contributed by atoms with Gasteiger partial charge in [0, 0.05) is 30.6 Å². The number of hydrogen-bond acceptors (Lipinski definition) is 4. The molecule has 32 heavy (non-hydrogen) atoms. The zero-order valence-corrected chi connectivity index (χ0v) is 18.5. The largest absolute Gasteiger partial charge is 0.328 e. The number of fused-ring (bicyclic) bond motifs is 4. The zero-order valence-electron chi connectivity index (χ0n) is 18.5. The summed E-state index contributed by atoms with van der Waals surface area (Å²) in [6.45, 7) is 5.48. The standard InChI is InChI=1S/C25H27N5O2/c1-16(2)15-30-25(32)19-9-6-5-8-18(19)23(28-30)24(31)26-17-11-12-21-20(14-17)27-22-10-4-3-7-13-29(21)22/h5-6,8-9,11-12,14,16H,3-4,7,10,13,15H2,1-2H3,(H,26,31). The lowest BCUT2D eigenvalue weighted by molar-refractivity contribution is 0.102. The molecule has 0 aliphatic carbocycles. The van der Waals surface area contributed by atoms with E-state index < -0.39 is 0 Å². The van der Waals surface area contributed by atoms with Crippen LogP contribution in [0.2, 0.25) is 0 Å². The Hall–Kier alpha value is -3.48. The van der Waals surface area contributed by atoms with E-state index in [-0.39, 0.29) is 23.1 Å². The third-order valence-corrected chi connectivity index (χ3v) is 5.99. The summed E-state index contributed by atoms with van der Waals surface area (Å²) < 4.78 is 3.70. The Morgan fingerprint density at radius 2 is 1.91 bits per heavy atom. The third-order valence-electron chi connectivity index (χ3n) is 5.99. The van der Waals surface area contributed by atoms with E-state index in [1.807, 2.05) is 44.2 Å². The zero-order chi connectivity index (χ0) is 22.2. The van der Waals surface area contributed by atoms with Gasteiger partial charge < -0.3 is 9.88 Å². The van der Waals surface area contributed by atoms with Crippen LogP contribution in [-0.4, -0.2) is 25.2 Å². The van der Waals surface area contributed by atoms with Gasteiger partial charge in [-0.1, -0.05) is 38.5 Å². The molecule has 164 valence electrons. The highest BCUT2D eigenvalue weighted by molar-refractivity contribution is 6.11. The molecule has 1 aliphatic heterocycles. The van der Waals surface area contributed by atoms with Crippen LogP contribution in [0.25, 0.3) is 21.8 Å². The summed E-state index contributed by atoms with van der Waals surface area (Å²) in [7, 11) is 0. The summed E-state index contributed by atoms with van der Waals surface area (Å²) in [6.07, 6.45) is 4.56. The monoisotopic (exact) mass is 429 g/mol. The van der Waals surface area contributed by atoms with E-state index in [9.17, 15) is 9.59 Å². The fourth-order valence-corrected chi connectivity index (χ4v) is 4.49. The average Bonchev–Trinajstić information content (AvgIpc) is 2.95. The number of amides is 1. The number of nitrogens with zero attached hydrogens (tertiary/aromatic N) is 4. The molecule has 0 unspecified atom stereocenters. The van der Waals surface area contributed by atoms with E-state index in [1.165, 1.54) is 17.5 Å². The van der Waals surface area contributed by atoms with Gasteiger partial charge >= 0.3 is 0 Å². The van der Waals surface area contributed by atoms with Gasteiger partial charge in [0.2, 0.25) is 0 Å². The van der Waals surface area contributed by atoms with Crippen molar-refractivity contribution in [2.75, 3.05) is 5.32 Å². The second-order valence-electron chi connectivity index (χ2n) is 8.92. The smallest absolute Gasteiger partial charge is 0.276 e. The molecule has 5 rings (SSSR count). The highest BCUT2D eigenvalue weighted by Crippen LogP contribution is 2.25. The van der Waals surface area contributed by atoms with Gasteiger partial charge in [-0.15, -0.1) is 0 Å². The number of rotatable bonds is 4. The Balaban J connectivity index is 1.51. The molecule has 0 saturated carbocycles. The van der Waals surface area contributed by atoms with E-state index in [0.717, 1.165) is 36.2 Å². The minimum Gasteiger partial charge on any atom is -0.328 e. The van der Waals surface area contributed by atoms with Crippen LogP contribution in [0.4, 0.5) is 5.69 Å². The van der Waals surface area contributed by atoms with Crippen molar-refractivity contribution in [2.24, 2.45) is 5.92 Å². The van der Waals surface area contributed by atoms with Crippen molar-refractivity contribution in [3.63, 3.8) is 0 Å². The molecule has 0 spiro atoms. The van der Waals surface area contributed by atoms with Gasteiger partial charge in [-0.25, -0.2) is 9.67 Å². The van der Waals surface area contributed by atoms with Crippen molar-refractivity contribution < 1.29 is 4.79 Å². The molecule has 7 heteroatoms. The lowest BCUT2D eigenvalue weighted by atomic mass is 10.1. The van der Waals surface area contributed by atoms with Gasteiger partial charge in [0.15, 0.2) is 5.69 Å². The van der Waals surface area contributed by atoms with E-state index >= 15 is 0 Å². The van der Waals surface area contributed by atoms with E-state index in [2.05, 4.69) is 15.0 Å². The first-order valence-electron chi connectivity index (χ1n) is 11.3. The molecular formula is C25H27N5O2. The number of nitrogens with one attached hydrogen (secondary N) is 1. The van der Waals surface area contributed by atoms with Crippen LogP contribution in [0.15, 0.2) is 47.3 Å². The SMILES string of the molecule is CC(C)Cn1nc(C(=O)Nc2ccc3c(c2)nc2n3CCCCC2)c2ccccc2c1=O. The number of hydrogen-bond donors (Lipinski definition) is 1. The van der Waals surface area contributed by atoms with Gasteiger partial charge in [0.05, 0.1) is 16.4 Å². The lowest BCUT2D eigenvalue weighted by Gasteiger charge is -2.13. The Bertz CT molecular complexity index is 1380. The predicted octanol–water partition coefficient (Wildman–Crippen LogP) is 4.38. The molecule has 0 bridgehead atoms. The van der Waals surface area contributed by atoms with Crippen molar-refractivity contribution in [2.45, 2.75) is 52.6 Å². The molecule has 0 atom stereocenters. The molecule has 0 fully saturated rings. The molecule has 0 radical (unpaired) electrons. The highest BCUT2D eigenvalue weighted by atomic mass is 16.2. The average molecular weight is 430 g/mol. The van der Waals surface area contributed by atoms with Crippen LogP contribution >= 0.6 is 0 Å². The van der Waals surface area contributed by atoms with Gasteiger partial charge in [-0.3, -0.25) is 9.59 Å². The van der Waals surface area contributed by atoms with Crippen molar-refractivity contribution in [3.05, 3.63) is 64.3 Å². The van der Waals surface area contributed by atoms with E-state index in [1.54, 1.807) is 12.1 Å². The molecule has 3 heterocycles. The molecule has 2 aromatic heterocycles. The van der Waals surface area contributed by atoms with Gasteiger partial charge in [0.1, 0.15) is 5.82 Å². The van der Waals surface area contributed by atoms with Crippen molar-refractivity contribution >= 4 is 33.4 Å². The molecule has 1 N–H and O–H groups in total. The summed E-state index contributed by atoms with van der Waals surface area (Å²) in [4.78, 5) is 30.9. The van der Waals surface area contributed by atoms with Crippen LogP contribution in [0.3, 0.4) is 0 Å². The molecule has 1 aliphatic rings. The predicted molar refractivity (Wildman–Crippen MR) is 126 cm³/mol. The fraction of sp³-hybridized carbons (Fsp3) is 0.360. The summed E-state index contributed by atoms with van der Waals surface area (Å²) in [6, 6.07) is 13.0. The van der Waals surface area contributed by atoms with Crippen LogP contribution in [0.1, 0.15) is 49.4 Å². The Kier molecular flexibility index (Phi) is 5.25. The fourth-order valence-electron chi connectivity index (χ4n) is 4.49. The maximum absolute atomic E-state index is 13.2. The Morgan fingerprint density at radius 3 is 2.72 bits per heavy atom. The molecular weight excluding hydrogens is 402 g/mol.